The van der Waals surface area contributed by atoms with Gasteiger partial charge in [0, 0.05) is 18.2 Å². The van der Waals surface area contributed by atoms with Gasteiger partial charge in [0.1, 0.15) is 5.75 Å². The van der Waals surface area contributed by atoms with Crippen molar-refractivity contribution in [3.05, 3.63) is 28.8 Å². The van der Waals surface area contributed by atoms with Gasteiger partial charge in [-0.15, -0.1) is 0 Å². The summed E-state index contributed by atoms with van der Waals surface area (Å²) in [5.74, 6) is 0.294. The van der Waals surface area contributed by atoms with Crippen molar-refractivity contribution in [2.24, 2.45) is 0 Å². The summed E-state index contributed by atoms with van der Waals surface area (Å²) in [5, 5.41) is 12.0. The standard InChI is InChI=1S/C13H18ClNO3/c1-18-12-9-10(14)5-6-11(12)13(17)15-7-3-2-4-8-16/h5-6,9,16H,2-4,7-8H2,1H3,(H,15,17). The van der Waals surface area contributed by atoms with E-state index in [9.17, 15) is 4.79 Å². The van der Waals surface area contributed by atoms with Crippen LogP contribution < -0.4 is 10.1 Å². The van der Waals surface area contributed by atoms with Crippen molar-refractivity contribution >= 4 is 17.5 Å². The average molecular weight is 272 g/mol. The number of carbonyl (C=O) groups is 1. The number of halogens is 1. The van der Waals surface area contributed by atoms with Gasteiger partial charge in [-0.3, -0.25) is 4.79 Å². The first kappa shape index (κ1) is 14.8. The summed E-state index contributed by atoms with van der Waals surface area (Å²) in [5.41, 5.74) is 0.476. The van der Waals surface area contributed by atoms with Gasteiger partial charge < -0.3 is 15.2 Å². The van der Waals surface area contributed by atoms with E-state index in [0.29, 0.717) is 22.9 Å². The number of ether oxygens (including phenoxy) is 1. The maximum Gasteiger partial charge on any atom is 0.255 e. The molecule has 1 aromatic rings. The van der Waals surface area contributed by atoms with Crippen LogP contribution in [-0.2, 0) is 0 Å². The third-order valence-electron chi connectivity index (χ3n) is 2.53. The van der Waals surface area contributed by atoms with Crippen LogP contribution in [0.1, 0.15) is 29.6 Å². The van der Waals surface area contributed by atoms with E-state index in [2.05, 4.69) is 5.32 Å². The Labute approximate surface area is 112 Å². The second-order valence-corrected chi connectivity index (χ2v) is 4.32. The fourth-order valence-corrected chi connectivity index (χ4v) is 1.73. The van der Waals surface area contributed by atoms with Crippen LogP contribution in [0.2, 0.25) is 5.02 Å². The summed E-state index contributed by atoms with van der Waals surface area (Å²) in [7, 11) is 1.50. The Bertz CT molecular complexity index is 396. The number of aliphatic hydroxyl groups is 1. The molecule has 0 unspecified atom stereocenters. The largest absolute Gasteiger partial charge is 0.496 e. The minimum Gasteiger partial charge on any atom is -0.496 e. The lowest BCUT2D eigenvalue weighted by atomic mass is 10.2. The summed E-state index contributed by atoms with van der Waals surface area (Å²) >= 11 is 5.83. The van der Waals surface area contributed by atoms with Crippen molar-refractivity contribution in [1.82, 2.24) is 5.32 Å². The van der Waals surface area contributed by atoms with Gasteiger partial charge in [0.05, 0.1) is 12.7 Å². The molecular formula is C13H18ClNO3. The van der Waals surface area contributed by atoms with Crippen molar-refractivity contribution in [2.45, 2.75) is 19.3 Å². The first-order valence-corrected chi connectivity index (χ1v) is 6.29. The Morgan fingerprint density at radius 2 is 2.17 bits per heavy atom. The normalized spacial score (nSPS) is 10.2. The average Bonchev–Trinajstić information content (AvgIpc) is 2.38. The quantitative estimate of drug-likeness (QED) is 0.748. The van der Waals surface area contributed by atoms with Crippen molar-refractivity contribution < 1.29 is 14.6 Å². The summed E-state index contributed by atoms with van der Waals surface area (Å²) in [6.07, 6.45) is 2.51. The Morgan fingerprint density at radius 1 is 1.39 bits per heavy atom. The molecule has 0 aliphatic carbocycles. The van der Waals surface area contributed by atoms with E-state index >= 15 is 0 Å². The molecule has 0 heterocycles. The highest BCUT2D eigenvalue weighted by Crippen LogP contribution is 2.22. The van der Waals surface area contributed by atoms with Crippen molar-refractivity contribution in [3.63, 3.8) is 0 Å². The molecule has 1 amide bonds. The van der Waals surface area contributed by atoms with E-state index in [1.54, 1.807) is 18.2 Å². The van der Waals surface area contributed by atoms with E-state index in [-0.39, 0.29) is 12.5 Å². The molecule has 18 heavy (non-hydrogen) atoms. The second-order valence-electron chi connectivity index (χ2n) is 3.88. The maximum atomic E-state index is 11.9. The third-order valence-corrected chi connectivity index (χ3v) is 2.76. The number of nitrogens with one attached hydrogen (secondary N) is 1. The highest BCUT2D eigenvalue weighted by atomic mass is 35.5. The van der Waals surface area contributed by atoms with Crippen molar-refractivity contribution in [1.29, 1.82) is 0 Å². The van der Waals surface area contributed by atoms with Gasteiger partial charge in [0.25, 0.3) is 5.91 Å². The van der Waals surface area contributed by atoms with Gasteiger partial charge >= 0.3 is 0 Å². The molecule has 0 saturated carbocycles. The minimum atomic E-state index is -0.174. The zero-order valence-corrected chi connectivity index (χ0v) is 11.2. The van der Waals surface area contributed by atoms with Gasteiger partial charge in [-0.1, -0.05) is 11.6 Å². The molecule has 2 N–H and O–H groups in total. The summed E-state index contributed by atoms with van der Waals surface area (Å²) in [6.45, 7) is 0.781. The molecule has 0 aliphatic rings. The molecule has 4 nitrogen and oxygen atoms in total. The number of amides is 1. The Balaban J connectivity index is 2.51. The Hall–Kier alpha value is -1.26. The molecule has 5 heteroatoms. The predicted octanol–water partition coefficient (Wildman–Crippen LogP) is 2.24. The maximum absolute atomic E-state index is 11.9. The van der Waals surface area contributed by atoms with Crippen LogP contribution in [0.4, 0.5) is 0 Å². The smallest absolute Gasteiger partial charge is 0.255 e. The number of benzene rings is 1. The van der Waals surface area contributed by atoms with Gasteiger partial charge in [0.15, 0.2) is 0 Å². The first-order valence-electron chi connectivity index (χ1n) is 5.91. The Kier molecular flexibility index (Phi) is 6.54. The summed E-state index contributed by atoms with van der Waals surface area (Å²) in [6, 6.07) is 4.91. The molecule has 0 aliphatic heterocycles. The number of hydrogen-bond donors (Lipinski definition) is 2. The summed E-state index contributed by atoms with van der Waals surface area (Å²) in [4.78, 5) is 11.9. The molecule has 0 aromatic heterocycles. The number of carbonyl (C=O) groups excluding carboxylic acids is 1. The van der Waals surface area contributed by atoms with Crippen LogP contribution in [0.3, 0.4) is 0 Å². The molecule has 1 aromatic carbocycles. The lowest BCUT2D eigenvalue weighted by Crippen LogP contribution is -2.24. The van der Waals surface area contributed by atoms with Crippen LogP contribution in [0, 0.1) is 0 Å². The van der Waals surface area contributed by atoms with Gasteiger partial charge in [-0.05, 0) is 37.5 Å². The second kappa shape index (κ2) is 7.95. The number of hydrogen-bond acceptors (Lipinski definition) is 3. The predicted molar refractivity (Wildman–Crippen MR) is 71.3 cm³/mol. The number of methoxy groups -OCH3 is 1. The van der Waals surface area contributed by atoms with Gasteiger partial charge in [-0.2, -0.15) is 0 Å². The zero-order chi connectivity index (χ0) is 13.4. The van der Waals surface area contributed by atoms with Gasteiger partial charge in [-0.25, -0.2) is 0 Å². The van der Waals surface area contributed by atoms with E-state index in [4.69, 9.17) is 21.4 Å². The molecule has 0 atom stereocenters. The van der Waals surface area contributed by atoms with Crippen LogP contribution in [0.5, 0.6) is 5.75 Å². The van der Waals surface area contributed by atoms with Crippen LogP contribution in [0.25, 0.3) is 0 Å². The molecule has 0 radical (unpaired) electrons. The van der Waals surface area contributed by atoms with E-state index in [0.717, 1.165) is 19.3 Å². The van der Waals surface area contributed by atoms with Crippen LogP contribution in [0.15, 0.2) is 18.2 Å². The molecule has 0 bridgehead atoms. The molecule has 100 valence electrons. The van der Waals surface area contributed by atoms with Crippen molar-refractivity contribution in [2.75, 3.05) is 20.3 Å². The fraction of sp³-hybridized carbons (Fsp3) is 0.462. The number of aliphatic hydroxyl groups excluding tert-OH is 1. The molecule has 0 spiro atoms. The number of unbranched alkanes of at least 4 members (excludes halogenated alkanes) is 2. The van der Waals surface area contributed by atoms with Crippen LogP contribution >= 0.6 is 11.6 Å². The molecule has 1 rings (SSSR count). The minimum absolute atomic E-state index is 0.174. The van der Waals surface area contributed by atoms with E-state index in [1.165, 1.54) is 7.11 Å². The highest BCUT2D eigenvalue weighted by molar-refractivity contribution is 6.30. The lowest BCUT2D eigenvalue weighted by Gasteiger charge is -2.09. The highest BCUT2D eigenvalue weighted by Gasteiger charge is 2.11. The SMILES string of the molecule is COc1cc(Cl)ccc1C(=O)NCCCCCO. The van der Waals surface area contributed by atoms with Crippen LogP contribution in [-0.4, -0.2) is 31.3 Å². The zero-order valence-electron chi connectivity index (χ0n) is 10.4. The molecule has 0 saturated heterocycles. The topological polar surface area (TPSA) is 58.6 Å². The van der Waals surface area contributed by atoms with Crippen molar-refractivity contribution in [3.8, 4) is 5.75 Å². The monoisotopic (exact) mass is 271 g/mol. The first-order chi connectivity index (χ1) is 8.69. The summed E-state index contributed by atoms with van der Waals surface area (Å²) < 4.78 is 5.11. The molecular weight excluding hydrogens is 254 g/mol. The lowest BCUT2D eigenvalue weighted by molar-refractivity contribution is 0.0950. The third kappa shape index (κ3) is 4.55. The fourth-order valence-electron chi connectivity index (χ4n) is 1.56. The Morgan fingerprint density at radius 3 is 2.83 bits per heavy atom. The molecule has 0 fully saturated rings. The van der Waals surface area contributed by atoms with E-state index in [1.807, 2.05) is 0 Å². The van der Waals surface area contributed by atoms with Gasteiger partial charge in [0.2, 0.25) is 0 Å². The van der Waals surface area contributed by atoms with E-state index < -0.39 is 0 Å². The number of rotatable bonds is 7.